The van der Waals surface area contributed by atoms with Crippen LogP contribution in [0.4, 0.5) is 0 Å². The van der Waals surface area contributed by atoms with Gasteiger partial charge in [-0.05, 0) is 19.3 Å². The van der Waals surface area contributed by atoms with Crippen molar-refractivity contribution in [3.05, 3.63) is 0 Å². The van der Waals surface area contributed by atoms with Crippen molar-refractivity contribution in [1.82, 2.24) is 0 Å². The third-order valence-corrected chi connectivity index (χ3v) is 12.6. The van der Waals surface area contributed by atoms with Crippen molar-refractivity contribution in [2.24, 2.45) is 0 Å². The fourth-order valence-electron chi connectivity index (χ4n) is 8.45. The summed E-state index contributed by atoms with van der Waals surface area (Å²) in [5.74, 6) is -0.840. The molecule has 0 rings (SSSR count). The van der Waals surface area contributed by atoms with E-state index in [4.69, 9.17) is 14.2 Å². The van der Waals surface area contributed by atoms with Crippen LogP contribution >= 0.6 is 0 Å². The lowest BCUT2D eigenvalue weighted by Gasteiger charge is -2.18. The van der Waals surface area contributed by atoms with Gasteiger partial charge in [-0.15, -0.1) is 0 Å². The van der Waals surface area contributed by atoms with Gasteiger partial charge < -0.3 is 14.2 Å². The van der Waals surface area contributed by atoms with Gasteiger partial charge in [-0.1, -0.05) is 278 Å². The first-order chi connectivity index (χ1) is 30.0. The average Bonchev–Trinajstić information content (AvgIpc) is 3.26. The molecule has 0 aromatic heterocycles. The van der Waals surface area contributed by atoms with Crippen LogP contribution in [0.2, 0.25) is 0 Å². The Morgan fingerprint density at radius 1 is 0.262 bits per heavy atom. The molecule has 6 heteroatoms. The molecule has 6 nitrogen and oxygen atoms in total. The highest BCUT2D eigenvalue weighted by Gasteiger charge is 2.19. The molecular weight excluding hydrogens is 757 g/mol. The number of hydrogen-bond donors (Lipinski definition) is 0. The lowest BCUT2D eigenvalue weighted by molar-refractivity contribution is -0.167. The average molecular weight is 863 g/mol. The molecule has 0 heterocycles. The molecule has 1 atom stereocenters. The Balaban J connectivity index is 4.21. The number of unbranched alkanes of at least 4 members (excludes halogenated alkanes) is 40. The van der Waals surface area contributed by atoms with Crippen molar-refractivity contribution in [2.45, 2.75) is 322 Å². The van der Waals surface area contributed by atoms with Gasteiger partial charge in [0.05, 0.1) is 0 Å². The maximum absolute atomic E-state index is 12.8. The SMILES string of the molecule is CCCCCCCCCCCCCCCCCCCCCC(=O)OC[C@@H](COC(=O)CCCCCCCCCCC)OC(=O)CCCCCCCCCCCCCCCCC. The Morgan fingerprint density at radius 3 is 0.656 bits per heavy atom. The molecule has 362 valence electrons. The first-order valence-corrected chi connectivity index (χ1v) is 27.5. The van der Waals surface area contributed by atoms with Gasteiger partial charge >= 0.3 is 17.9 Å². The number of ether oxygens (including phenoxy) is 3. The number of esters is 3. The van der Waals surface area contributed by atoms with E-state index >= 15 is 0 Å². The molecule has 0 bridgehead atoms. The molecule has 0 aliphatic heterocycles. The van der Waals surface area contributed by atoms with E-state index in [9.17, 15) is 14.4 Å². The van der Waals surface area contributed by atoms with E-state index in [1.165, 1.54) is 218 Å². The van der Waals surface area contributed by atoms with Gasteiger partial charge in [0, 0.05) is 19.3 Å². The summed E-state index contributed by atoms with van der Waals surface area (Å²) in [4.78, 5) is 37.9. The topological polar surface area (TPSA) is 78.9 Å². The minimum Gasteiger partial charge on any atom is -0.462 e. The van der Waals surface area contributed by atoms with E-state index in [0.29, 0.717) is 19.3 Å². The van der Waals surface area contributed by atoms with Crippen LogP contribution in [0.3, 0.4) is 0 Å². The summed E-state index contributed by atoms with van der Waals surface area (Å²) in [6.07, 6.45) is 55.2. The number of carbonyl (C=O) groups is 3. The first-order valence-electron chi connectivity index (χ1n) is 27.5. The van der Waals surface area contributed by atoms with Crippen LogP contribution in [0.5, 0.6) is 0 Å². The van der Waals surface area contributed by atoms with E-state index in [0.717, 1.165) is 57.8 Å². The molecule has 0 unspecified atom stereocenters. The summed E-state index contributed by atoms with van der Waals surface area (Å²) in [6.45, 7) is 6.68. The maximum Gasteiger partial charge on any atom is 0.306 e. The van der Waals surface area contributed by atoms with E-state index < -0.39 is 6.10 Å². The minimum absolute atomic E-state index is 0.0616. The molecule has 0 saturated carbocycles. The Bertz CT molecular complexity index is 905. The quantitative estimate of drug-likeness (QED) is 0.0344. The van der Waals surface area contributed by atoms with Crippen molar-refractivity contribution >= 4 is 17.9 Å². The molecular formula is C55H106O6. The van der Waals surface area contributed by atoms with E-state index in [-0.39, 0.29) is 31.1 Å². The summed E-state index contributed by atoms with van der Waals surface area (Å²) >= 11 is 0. The molecule has 61 heavy (non-hydrogen) atoms. The predicted octanol–water partition coefficient (Wildman–Crippen LogP) is 18.0. The van der Waals surface area contributed by atoms with E-state index in [1.807, 2.05) is 0 Å². The van der Waals surface area contributed by atoms with Gasteiger partial charge in [-0.2, -0.15) is 0 Å². The second kappa shape index (κ2) is 51.0. The molecule has 0 spiro atoms. The third kappa shape index (κ3) is 49.3. The molecule has 0 aliphatic rings. The molecule has 0 N–H and O–H groups in total. The minimum atomic E-state index is -0.759. The second-order valence-electron chi connectivity index (χ2n) is 18.9. The molecule has 0 radical (unpaired) electrons. The van der Waals surface area contributed by atoms with Gasteiger partial charge in [0.2, 0.25) is 0 Å². The number of carbonyl (C=O) groups excluding carboxylic acids is 3. The zero-order valence-corrected chi connectivity index (χ0v) is 41.5. The monoisotopic (exact) mass is 863 g/mol. The highest BCUT2D eigenvalue weighted by molar-refractivity contribution is 5.71. The fourth-order valence-corrected chi connectivity index (χ4v) is 8.45. The lowest BCUT2D eigenvalue weighted by atomic mass is 10.0. The van der Waals surface area contributed by atoms with Crippen LogP contribution < -0.4 is 0 Å². The van der Waals surface area contributed by atoms with Gasteiger partial charge in [-0.3, -0.25) is 14.4 Å². The summed E-state index contributed by atoms with van der Waals surface area (Å²) < 4.78 is 16.8. The summed E-state index contributed by atoms with van der Waals surface area (Å²) in [7, 11) is 0. The highest BCUT2D eigenvalue weighted by atomic mass is 16.6. The molecule has 0 aromatic rings. The van der Waals surface area contributed by atoms with E-state index in [1.54, 1.807) is 0 Å². The third-order valence-electron chi connectivity index (χ3n) is 12.6. The van der Waals surface area contributed by atoms with Crippen LogP contribution in [0, 0.1) is 0 Å². The largest absolute Gasteiger partial charge is 0.462 e. The van der Waals surface area contributed by atoms with Gasteiger partial charge in [0.15, 0.2) is 6.10 Å². The van der Waals surface area contributed by atoms with Crippen LogP contribution in [0.1, 0.15) is 316 Å². The molecule has 0 fully saturated rings. The van der Waals surface area contributed by atoms with Gasteiger partial charge in [0.1, 0.15) is 13.2 Å². The van der Waals surface area contributed by atoms with Crippen LogP contribution in [0.15, 0.2) is 0 Å². The summed E-state index contributed by atoms with van der Waals surface area (Å²) in [5.41, 5.74) is 0. The molecule has 0 saturated heterocycles. The molecule has 0 aliphatic carbocycles. The van der Waals surface area contributed by atoms with Crippen molar-refractivity contribution in [2.75, 3.05) is 13.2 Å². The van der Waals surface area contributed by atoms with Crippen molar-refractivity contribution in [3.63, 3.8) is 0 Å². The predicted molar refractivity (Wildman–Crippen MR) is 261 cm³/mol. The zero-order valence-electron chi connectivity index (χ0n) is 41.5. The maximum atomic E-state index is 12.8. The summed E-state index contributed by atoms with van der Waals surface area (Å²) in [6, 6.07) is 0. The smallest absolute Gasteiger partial charge is 0.306 e. The van der Waals surface area contributed by atoms with Crippen molar-refractivity contribution in [3.8, 4) is 0 Å². The Hall–Kier alpha value is -1.59. The standard InChI is InChI=1S/C55H106O6/c1-4-7-10-13-16-19-21-23-25-26-27-28-30-31-33-36-39-42-45-48-54(57)60-51-52(50-59-53(56)47-44-41-38-35-18-15-12-9-6-3)61-55(58)49-46-43-40-37-34-32-29-24-22-20-17-14-11-8-5-2/h52H,4-51H2,1-3H3/t52-/m1/s1. The van der Waals surface area contributed by atoms with Crippen LogP contribution in [-0.4, -0.2) is 37.2 Å². The van der Waals surface area contributed by atoms with Crippen LogP contribution in [0.25, 0.3) is 0 Å². The van der Waals surface area contributed by atoms with E-state index in [2.05, 4.69) is 20.8 Å². The fraction of sp³-hybridized carbons (Fsp3) is 0.945. The normalized spacial score (nSPS) is 11.9. The second-order valence-corrected chi connectivity index (χ2v) is 18.9. The lowest BCUT2D eigenvalue weighted by Crippen LogP contribution is -2.30. The van der Waals surface area contributed by atoms with Gasteiger partial charge in [0.25, 0.3) is 0 Å². The molecule has 0 amide bonds. The Kier molecular flexibility index (Phi) is 49.7. The number of hydrogen-bond acceptors (Lipinski definition) is 6. The van der Waals surface area contributed by atoms with Gasteiger partial charge in [-0.25, -0.2) is 0 Å². The Labute approximate surface area is 380 Å². The highest BCUT2D eigenvalue weighted by Crippen LogP contribution is 2.17. The van der Waals surface area contributed by atoms with Crippen molar-refractivity contribution in [1.29, 1.82) is 0 Å². The summed E-state index contributed by atoms with van der Waals surface area (Å²) in [5, 5.41) is 0. The van der Waals surface area contributed by atoms with Crippen molar-refractivity contribution < 1.29 is 28.6 Å². The molecule has 0 aromatic carbocycles. The zero-order chi connectivity index (χ0) is 44.4. The Morgan fingerprint density at radius 2 is 0.443 bits per heavy atom. The van der Waals surface area contributed by atoms with Crippen LogP contribution in [-0.2, 0) is 28.6 Å². The number of rotatable bonds is 51. The first kappa shape index (κ1) is 59.4.